The van der Waals surface area contributed by atoms with Crippen LogP contribution in [0.4, 0.5) is 10.1 Å². The molecule has 4 rings (SSSR count). The number of fused-ring (bicyclic) bond motifs is 1. The third-order valence-corrected chi connectivity index (χ3v) is 4.75. The monoisotopic (exact) mass is 388 g/mol. The molecule has 0 aliphatic rings. The number of rotatable bonds is 3. The molecule has 146 valence electrons. The fourth-order valence-electron chi connectivity index (χ4n) is 3.05. The number of nitrogens with zero attached hydrogens (tertiary/aromatic N) is 1. The first-order chi connectivity index (χ1) is 13.8. The molecule has 4 aromatic rings. The zero-order valence-corrected chi connectivity index (χ0v) is 16.5. The first-order valence-electron chi connectivity index (χ1n) is 9.38. The van der Waals surface area contributed by atoms with Crippen molar-refractivity contribution in [1.29, 1.82) is 0 Å². The topological polar surface area (TPSA) is 55.1 Å². The van der Waals surface area contributed by atoms with Gasteiger partial charge in [0.1, 0.15) is 11.3 Å². The van der Waals surface area contributed by atoms with Gasteiger partial charge in [-0.15, -0.1) is 0 Å². The van der Waals surface area contributed by atoms with Gasteiger partial charge in [-0.05, 0) is 65.6 Å². The second-order valence-corrected chi connectivity index (χ2v) is 7.99. The van der Waals surface area contributed by atoms with Crippen molar-refractivity contribution in [3.8, 4) is 11.5 Å². The highest BCUT2D eigenvalue weighted by Gasteiger charge is 2.15. The summed E-state index contributed by atoms with van der Waals surface area (Å²) in [6.07, 6.45) is 0. The second-order valence-electron chi connectivity index (χ2n) is 7.99. The quantitative estimate of drug-likeness (QED) is 0.456. The van der Waals surface area contributed by atoms with Crippen molar-refractivity contribution in [2.24, 2.45) is 0 Å². The molecule has 0 radical (unpaired) electrons. The standard InChI is InChI=1S/C24H21FN2O2/c1-24(2,3)17-8-4-16(5-9-17)23-27-20-14-19(12-13-21(20)29-23)26-22(28)15-6-10-18(25)11-7-15/h4-14H,1-3H3,(H,26,28). The summed E-state index contributed by atoms with van der Waals surface area (Å²) in [5.74, 6) is -0.165. The van der Waals surface area contributed by atoms with E-state index in [1.165, 1.54) is 29.8 Å². The third kappa shape index (κ3) is 4.04. The van der Waals surface area contributed by atoms with Gasteiger partial charge in [-0.1, -0.05) is 32.9 Å². The Morgan fingerprint density at radius 1 is 0.966 bits per heavy atom. The van der Waals surface area contributed by atoms with Crippen molar-refractivity contribution >= 4 is 22.7 Å². The minimum Gasteiger partial charge on any atom is -0.436 e. The normalized spacial score (nSPS) is 11.6. The van der Waals surface area contributed by atoms with Crippen LogP contribution in [0.1, 0.15) is 36.7 Å². The zero-order valence-electron chi connectivity index (χ0n) is 16.5. The zero-order chi connectivity index (χ0) is 20.6. The van der Waals surface area contributed by atoms with E-state index < -0.39 is 0 Å². The number of hydrogen-bond acceptors (Lipinski definition) is 3. The van der Waals surface area contributed by atoms with Gasteiger partial charge in [0.15, 0.2) is 5.58 Å². The van der Waals surface area contributed by atoms with Crippen molar-refractivity contribution in [2.45, 2.75) is 26.2 Å². The molecule has 0 saturated heterocycles. The molecule has 3 aromatic carbocycles. The molecule has 0 aliphatic carbocycles. The average Bonchev–Trinajstić information content (AvgIpc) is 3.11. The Labute approximate surface area is 168 Å². The predicted octanol–water partition coefficient (Wildman–Crippen LogP) is 6.18. The molecule has 0 unspecified atom stereocenters. The van der Waals surface area contributed by atoms with Gasteiger partial charge >= 0.3 is 0 Å². The van der Waals surface area contributed by atoms with Gasteiger partial charge in [0.05, 0.1) is 0 Å². The summed E-state index contributed by atoms with van der Waals surface area (Å²) in [6, 6.07) is 18.9. The van der Waals surface area contributed by atoms with Gasteiger partial charge in [-0.3, -0.25) is 4.79 Å². The lowest BCUT2D eigenvalue weighted by Crippen LogP contribution is -2.11. The molecule has 4 nitrogen and oxygen atoms in total. The molecular weight excluding hydrogens is 367 g/mol. The molecule has 0 bridgehead atoms. The van der Waals surface area contributed by atoms with Gasteiger partial charge in [-0.25, -0.2) is 9.37 Å². The Bertz CT molecular complexity index is 1170. The van der Waals surface area contributed by atoms with E-state index in [0.717, 1.165) is 5.56 Å². The molecule has 0 spiro atoms. The fourth-order valence-corrected chi connectivity index (χ4v) is 3.05. The molecule has 1 heterocycles. The number of anilines is 1. The number of benzene rings is 3. The minimum absolute atomic E-state index is 0.0808. The molecule has 0 fully saturated rings. The van der Waals surface area contributed by atoms with E-state index in [9.17, 15) is 9.18 Å². The number of nitrogens with one attached hydrogen (secondary N) is 1. The highest BCUT2D eigenvalue weighted by molar-refractivity contribution is 6.04. The van der Waals surface area contributed by atoms with Crippen molar-refractivity contribution < 1.29 is 13.6 Å². The van der Waals surface area contributed by atoms with Gasteiger partial charge in [-0.2, -0.15) is 0 Å². The molecule has 29 heavy (non-hydrogen) atoms. The lowest BCUT2D eigenvalue weighted by atomic mass is 9.87. The van der Waals surface area contributed by atoms with Crippen LogP contribution in [0.15, 0.2) is 71.1 Å². The van der Waals surface area contributed by atoms with Crippen LogP contribution >= 0.6 is 0 Å². The van der Waals surface area contributed by atoms with Crippen LogP contribution in [-0.4, -0.2) is 10.9 Å². The van der Waals surface area contributed by atoms with Crippen molar-refractivity contribution in [3.05, 3.63) is 83.7 Å². The smallest absolute Gasteiger partial charge is 0.255 e. The lowest BCUT2D eigenvalue weighted by Gasteiger charge is -2.18. The molecule has 0 aliphatic heterocycles. The fraction of sp³-hybridized carbons (Fsp3) is 0.167. The van der Waals surface area contributed by atoms with Crippen molar-refractivity contribution in [2.75, 3.05) is 5.32 Å². The highest BCUT2D eigenvalue weighted by Crippen LogP contribution is 2.29. The summed E-state index contributed by atoms with van der Waals surface area (Å²) >= 11 is 0. The van der Waals surface area contributed by atoms with Gasteiger partial charge in [0.2, 0.25) is 5.89 Å². The van der Waals surface area contributed by atoms with Crippen LogP contribution in [0, 0.1) is 5.82 Å². The number of carbonyl (C=O) groups excluding carboxylic acids is 1. The van der Waals surface area contributed by atoms with Crippen molar-refractivity contribution in [1.82, 2.24) is 4.98 Å². The third-order valence-electron chi connectivity index (χ3n) is 4.75. The SMILES string of the molecule is CC(C)(C)c1ccc(-c2nc3cc(NC(=O)c4ccc(F)cc4)ccc3o2)cc1. The van der Waals surface area contributed by atoms with E-state index in [-0.39, 0.29) is 17.1 Å². The summed E-state index contributed by atoms with van der Waals surface area (Å²) < 4.78 is 18.9. The van der Waals surface area contributed by atoms with E-state index in [4.69, 9.17) is 4.42 Å². The van der Waals surface area contributed by atoms with Crippen LogP contribution in [0.3, 0.4) is 0 Å². The Kier molecular flexibility index (Phi) is 4.66. The first kappa shape index (κ1) is 18.9. The van der Waals surface area contributed by atoms with Gasteiger partial charge in [0, 0.05) is 16.8 Å². The maximum absolute atomic E-state index is 13.0. The van der Waals surface area contributed by atoms with E-state index in [1.54, 1.807) is 18.2 Å². The van der Waals surface area contributed by atoms with E-state index in [0.29, 0.717) is 28.2 Å². The summed E-state index contributed by atoms with van der Waals surface area (Å²) in [5, 5.41) is 2.80. The van der Waals surface area contributed by atoms with E-state index >= 15 is 0 Å². The van der Waals surface area contributed by atoms with Crippen LogP contribution in [0.5, 0.6) is 0 Å². The van der Waals surface area contributed by atoms with Crippen LogP contribution in [0.2, 0.25) is 0 Å². The largest absolute Gasteiger partial charge is 0.436 e. The summed E-state index contributed by atoms with van der Waals surface area (Å²) in [5.41, 5.74) is 4.48. The number of hydrogen-bond donors (Lipinski definition) is 1. The highest BCUT2D eigenvalue weighted by atomic mass is 19.1. The number of amides is 1. The first-order valence-corrected chi connectivity index (χ1v) is 9.38. The molecule has 1 aromatic heterocycles. The van der Waals surface area contributed by atoms with Crippen LogP contribution in [0.25, 0.3) is 22.6 Å². The summed E-state index contributed by atoms with van der Waals surface area (Å²) in [4.78, 5) is 16.9. The molecule has 5 heteroatoms. The Balaban J connectivity index is 1.57. The molecule has 1 N–H and O–H groups in total. The summed E-state index contributed by atoms with van der Waals surface area (Å²) in [6.45, 7) is 6.51. The lowest BCUT2D eigenvalue weighted by molar-refractivity contribution is 0.102. The molecule has 1 amide bonds. The van der Waals surface area contributed by atoms with E-state index in [2.05, 4.69) is 43.2 Å². The Hall–Kier alpha value is -3.47. The van der Waals surface area contributed by atoms with Gasteiger partial charge < -0.3 is 9.73 Å². The number of carbonyl (C=O) groups is 1. The maximum Gasteiger partial charge on any atom is 0.255 e. The second kappa shape index (κ2) is 7.17. The molecular formula is C24H21FN2O2. The average molecular weight is 388 g/mol. The molecule has 0 saturated carbocycles. The predicted molar refractivity (Wildman–Crippen MR) is 112 cm³/mol. The minimum atomic E-state index is -0.381. The maximum atomic E-state index is 13.0. The van der Waals surface area contributed by atoms with Gasteiger partial charge in [0.25, 0.3) is 5.91 Å². The number of halogens is 1. The van der Waals surface area contributed by atoms with Crippen molar-refractivity contribution in [3.63, 3.8) is 0 Å². The molecule has 0 atom stereocenters. The Morgan fingerprint density at radius 3 is 2.31 bits per heavy atom. The summed E-state index contributed by atoms with van der Waals surface area (Å²) in [7, 11) is 0. The number of oxazole rings is 1. The Morgan fingerprint density at radius 2 is 1.66 bits per heavy atom. The van der Waals surface area contributed by atoms with E-state index in [1.807, 2.05) is 12.1 Å². The number of aromatic nitrogens is 1. The van der Waals surface area contributed by atoms with Crippen LogP contribution < -0.4 is 5.32 Å². The van der Waals surface area contributed by atoms with Crippen LogP contribution in [-0.2, 0) is 5.41 Å².